The van der Waals surface area contributed by atoms with Crippen LogP contribution in [0.15, 0.2) is 23.1 Å². The average molecular weight is 314 g/mol. The summed E-state index contributed by atoms with van der Waals surface area (Å²) in [6.45, 7) is 7.65. The van der Waals surface area contributed by atoms with E-state index in [2.05, 4.69) is 10.0 Å². The number of aromatic hydroxyl groups is 1. The molecule has 0 saturated carbocycles. The van der Waals surface area contributed by atoms with Crippen LogP contribution in [-0.4, -0.2) is 26.5 Å². The molecule has 118 valence electrons. The van der Waals surface area contributed by atoms with Gasteiger partial charge in [0.1, 0.15) is 10.6 Å². The van der Waals surface area contributed by atoms with Crippen molar-refractivity contribution in [2.45, 2.75) is 32.6 Å². The molecule has 1 amide bonds. The Bertz CT molecular complexity index is 633. The second-order valence-electron chi connectivity index (χ2n) is 5.97. The molecule has 0 fully saturated rings. The van der Waals surface area contributed by atoms with Crippen molar-refractivity contribution in [3.8, 4) is 5.75 Å². The van der Waals surface area contributed by atoms with Gasteiger partial charge in [-0.15, -0.1) is 0 Å². The molecule has 0 spiro atoms. The SMILES string of the molecule is CNS(=O)(=O)c1cc(NC(=O)[C@@H](C)C(C)(C)C)ccc1O. The highest BCUT2D eigenvalue weighted by Crippen LogP contribution is 2.29. The van der Waals surface area contributed by atoms with Crippen LogP contribution in [0.25, 0.3) is 0 Å². The second-order valence-corrected chi connectivity index (χ2v) is 7.82. The fourth-order valence-electron chi connectivity index (χ4n) is 1.56. The minimum absolute atomic E-state index is 0.207. The average Bonchev–Trinajstić information content (AvgIpc) is 2.38. The predicted octanol–water partition coefficient (Wildman–Crippen LogP) is 1.92. The van der Waals surface area contributed by atoms with E-state index in [1.807, 2.05) is 20.8 Å². The maximum Gasteiger partial charge on any atom is 0.244 e. The lowest BCUT2D eigenvalue weighted by atomic mass is 9.81. The topological polar surface area (TPSA) is 95.5 Å². The summed E-state index contributed by atoms with van der Waals surface area (Å²) in [5.74, 6) is -0.831. The summed E-state index contributed by atoms with van der Waals surface area (Å²) in [7, 11) is -2.54. The summed E-state index contributed by atoms with van der Waals surface area (Å²) in [5.41, 5.74) is 0.115. The van der Waals surface area contributed by atoms with Crippen molar-refractivity contribution < 1.29 is 18.3 Å². The first-order valence-corrected chi connectivity index (χ1v) is 8.05. The molecule has 0 bridgehead atoms. The van der Waals surface area contributed by atoms with Crippen LogP contribution in [0.5, 0.6) is 5.75 Å². The number of nitrogens with one attached hydrogen (secondary N) is 2. The maximum absolute atomic E-state index is 12.1. The van der Waals surface area contributed by atoms with Crippen LogP contribution in [0, 0.1) is 11.3 Å². The number of phenols is 1. The van der Waals surface area contributed by atoms with Gasteiger partial charge >= 0.3 is 0 Å². The third kappa shape index (κ3) is 4.18. The summed E-state index contributed by atoms with van der Waals surface area (Å²) >= 11 is 0. The standard InChI is InChI=1S/C14H22N2O4S/c1-9(14(2,3)4)13(18)16-10-6-7-11(17)12(8-10)21(19,20)15-5/h6-9,15,17H,1-5H3,(H,16,18)/t9-/m1/s1. The van der Waals surface area contributed by atoms with Crippen LogP contribution in [0.4, 0.5) is 5.69 Å². The van der Waals surface area contributed by atoms with E-state index in [-0.39, 0.29) is 27.9 Å². The second kappa shape index (κ2) is 6.03. The Morgan fingerprint density at radius 2 is 1.86 bits per heavy atom. The normalized spacial score (nSPS) is 13.8. The minimum Gasteiger partial charge on any atom is -0.507 e. The van der Waals surface area contributed by atoms with Gasteiger partial charge in [-0.3, -0.25) is 4.79 Å². The van der Waals surface area contributed by atoms with Crippen LogP contribution in [0.3, 0.4) is 0 Å². The van der Waals surface area contributed by atoms with Crippen molar-refractivity contribution >= 4 is 21.6 Å². The van der Waals surface area contributed by atoms with Gasteiger partial charge in [0.25, 0.3) is 0 Å². The molecule has 1 rings (SSSR count). The Kier molecular flexibility index (Phi) is 5.01. The molecule has 1 aromatic carbocycles. The van der Waals surface area contributed by atoms with Gasteiger partial charge in [0, 0.05) is 11.6 Å². The number of hydrogen-bond donors (Lipinski definition) is 3. The maximum atomic E-state index is 12.1. The molecule has 1 aromatic rings. The molecule has 0 aromatic heterocycles. The van der Waals surface area contributed by atoms with Crippen molar-refractivity contribution in [3.05, 3.63) is 18.2 Å². The van der Waals surface area contributed by atoms with Gasteiger partial charge in [-0.05, 0) is 30.7 Å². The Morgan fingerprint density at radius 3 is 2.33 bits per heavy atom. The minimum atomic E-state index is -3.79. The third-order valence-corrected chi connectivity index (χ3v) is 4.92. The number of carbonyl (C=O) groups is 1. The Balaban J connectivity index is 3.08. The van der Waals surface area contributed by atoms with Gasteiger partial charge in [-0.2, -0.15) is 0 Å². The van der Waals surface area contributed by atoms with Crippen molar-refractivity contribution in [2.75, 3.05) is 12.4 Å². The van der Waals surface area contributed by atoms with Crippen LogP contribution >= 0.6 is 0 Å². The van der Waals surface area contributed by atoms with Gasteiger partial charge in [0.2, 0.25) is 15.9 Å². The van der Waals surface area contributed by atoms with E-state index in [9.17, 15) is 18.3 Å². The largest absolute Gasteiger partial charge is 0.507 e. The van der Waals surface area contributed by atoms with Gasteiger partial charge < -0.3 is 10.4 Å². The number of sulfonamides is 1. The summed E-state index contributed by atoms with van der Waals surface area (Å²) in [4.78, 5) is 11.9. The van der Waals surface area contributed by atoms with Crippen molar-refractivity contribution in [1.29, 1.82) is 0 Å². The zero-order valence-corrected chi connectivity index (χ0v) is 13.7. The fourth-order valence-corrected chi connectivity index (χ4v) is 2.41. The number of carbonyl (C=O) groups excluding carboxylic acids is 1. The van der Waals surface area contributed by atoms with Gasteiger partial charge in [-0.1, -0.05) is 27.7 Å². The van der Waals surface area contributed by atoms with Gasteiger partial charge in [0.15, 0.2) is 0 Å². The molecule has 6 nitrogen and oxygen atoms in total. The first kappa shape index (κ1) is 17.5. The molecule has 0 aliphatic heterocycles. The molecule has 3 N–H and O–H groups in total. The molecule has 7 heteroatoms. The first-order chi connectivity index (χ1) is 9.49. The van der Waals surface area contributed by atoms with Crippen molar-refractivity contribution in [3.63, 3.8) is 0 Å². The molecule has 0 unspecified atom stereocenters. The van der Waals surface area contributed by atoms with E-state index in [4.69, 9.17) is 0 Å². The smallest absolute Gasteiger partial charge is 0.244 e. The molecular formula is C14H22N2O4S. The number of anilines is 1. The monoisotopic (exact) mass is 314 g/mol. The molecule has 0 aliphatic carbocycles. The summed E-state index contributed by atoms with van der Waals surface area (Å²) in [6.07, 6.45) is 0. The number of hydrogen-bond acceptors (Lipinski definition) is 4. The Morgan fingerprint density at radius 1 is 1.29 bits per heavy atom. The fraction of sp³-hybridized carbons (Fsp3) is 0.500. The zero-order chi connectivity index (χ0) is 16.4. The molecule has 0 heterocycles. The van der Waals surface area contributed by atoms with E-state index in [1.54, 1.807) is 6.92 Å². The lowest BCUT2D eigenvalue weighted by Gasteiger charge is -2.26. The van der Waals surface area contributed by atoms with Crippen LogP contribution < -0.4 is 10.0 Å². The van der Waals surface area contributed by atoms with E-state index >= 15 is 0 Å². The molecular weight excluding hydrogens is 292 g/mol. The highest BCUT2D eigenvalue weighted by Gasteiger charge is 2.27. The number of amides is 1. The lowest BCUT2D eigenvalue weighted by molar-refractivity contribution is -0.122. The van der Waals surface area contributed by atoms with Crippen LogP contribution in [0.1, 0.15) is 27.7 Å². The number of benzene rings is 1. The van der Waals surface area contributed by atoms with Gasteiger partial charge in [0.05, 0.1) is 0 Å². The quantitative estimate of drug-likeness (QED) is 0.740. The van der Waals surface area contributed by atoms with Crippen LogP contribution in [-0.2, 0) is 14.8 Å². The summed E-state index contributed by atoms with van der Waals surface area (Å²) in [5, 5.41) is 12.3. The van der Waals surface area contributed by atoms with E-state index in [0.29, 0.717) is 5.69 Å². The van der Waals surface area contributed by atoms with E-state index < -0.39 is 10.0 Å². The number of rotatable bonds is 4. The van der Waals surface area contributed by atoms with Gasteiger partial charge in [-0.25, -0.2) is 13.1 Å². The lowest BCUT2D eigenvalue weighted by Crippen LogP contribution is -2.30. The van der Waals surface area contributed by atoms with Crippen LogP contribution in [0.2, 0.25) is 0 Å². The van der Waals surface area contributed by atoms with E-state index in [1.165, 1.54) is 25.2 Å². The highest BCUT2D eigenvalue weighted by atomic mass is 32.2. The molecule has 1 atom stereocenters. The third-order valence-electron chi connectivity index (χ3n) is 3.48. The molecule has 0 saturated heterocycles. The summed E-state index contributed by atoms with van der Waals surface area (Å²) in [6, 6.07) is 3.92. The Hall–Kier alpha value is -1.60. The zero-order valence-electron chi connectivity index (χ0n) is 12.9. The summed E-state index contributed by atoms with van der Waals surface area (Å²) < 4.78 is 25.7. The Labute approximate surface area is 125 Å². The highest BCUT2D eigenvalue weighted by molar-refractivity contribution is 7.89. The molecule has 21 heavy (non-hydrogen) atoms. The van der Waals surface area contributed by atoms with Crippen molar-refractivity contribution in [1.82, 2.24) is 4.72 Å². The first-order valence-electron chi connectivity index (χ1n) is 6.56. The molecule has 0 radical (unpaired) electrons. The predicted molar refractivity (Wildman–Crippen MR) is 81.6 cm³/mol. The molecule has 0 aliphatic rings. The number of phenolic OH excluding ortho intramolecular Hbond substituents is 1. The van der Waals surface area contributed by atoms with Crippen molar-refractivity contribution in [2.24, 2.45) is 11.3 Å². The van der Waals surface area contributed by atoms with E-state index in [0.717, 1.165) is 0 Å².